The van der Waals surface area contributed by atoms with Gasteiger partial charge in [-0.05, 0) is 90.8 Å². The molecule has 2 fully saturated rings. The molecule has 5 atom stereocenters. The molecular formula is C23H28N2O2. The smallest absolute Gasteiger partial charge is 0.115 e. The lowest BCUT2D eigenvalue weighted by atomic mass is 9.55. The minimum Gasteiger partial charge on any atom is -0.508 e. The summed E-state index contributed by atoms with van der Waals surface area (Å²) in [4.78, 5) is 0. The molecule has 4 heteroatoms. The van der Waals surface area contributed by atoms with Gasteiger partial charge in [0.2, 0.25) is 0 Å². The molecule has 0 amide bonds. The molecule has 1 heterocycles. The topological polar surface area (TPSA) is 58.3 Å². The van der Waals surface area contributed by atoms with Gasteiger partial charge in [0.15, 0.2) is 0 Å². The van der Waals surface area contributed by atoms with Crippen LogP contribution in [0.1, 0.15) is 55.3 Å². The largest absolute Gasteiger partial charge is 0.508 e. The van der Waals surface area contributed by atoms with E-state index in [2.05, 4.69) is 24.2 Å². The summed E-state index contributed by atoms with van der Waals surface area (Å²) in [7, 11) is 1.95. The molecule has 0 bridgehead atoms. The predicted octanol–water partition coefficient (Wildman–Crippen LogP) is 4.04. The number of aromatic hydroxyl groups is 1. The van der Waals surface area contributed by atoms with Crippen molar-refractivity contribution in [2.45, 2.75) is 51.0 Å². The molecule has 1 aromatic heterocycles. The first kappa shape index (κ1) is 17.1. The highest BCUT2D eigenvalue weighted by Crippen LogP contribution is 2.62. The Morgan fingerprint density at radius 2 is 2.11 bits per heavy atom. The molecule has 0 aliphatic heterocycles. The van der Waals surface area contributed by atoms with Crippen LogP contribution in [0.25, 0.3) is 6.08 Å². The van der Waals surface area contributed by atoms with Crippen molar-refractivity contribution in [2.24, 2.45) is 24.3 Å². The lowest BCUT2D eigenvalue weighted by Gasteiger charge is -2.49. The number of hydrogen-bond donors (Lipinski definition) is 2. The third-order valence-electron chi connectivity index (χ3n) is 7.77. The van der Waals surface area contributed by atoms with Crippen LogP contribution in [0.3, 0.4) is 0 Å². The number of phenolic OH excluding ortho intramolecular Hbond substituents is 1. The molecule has 0 saturated heterocycles. The summed E-state index contributed by atoms with van der Waals surface area (Å²) < 4.78 is 1.87. The lowest BCUT2D eigenvalue weighted by molar-refractivity contribution is -0.0158. The molecule has 4 nitrogen and oxygen atoms in total. The predicted molar refractivity (Wildman–Crippen MR) is 105 cm³/mol. The summed E-state index contributed by atoms with van der Waals surface area (Å²) in [5, 5.41) is 25.3. The van der Waals surface area contributed by atoms with E-state index < -0.39 is 0 Å². The lowest BCUT2D eigenvalue weighted by Crippen LogP contribution is -2.44. The molecule has 142 valence electrons. The molecule has 2 aromatic rings. The van der Waals surface area contributed by atoms with Gasteiger partial charge in [-0.15, -0.1) is 0 Å². The van der Waals surface area contributed by atoms with E-state index in [9.17, 15) is 10.2 Å². The van der Waals surface area contributed by atoms with Crippen molar-refractivity contribution in [3.63, 3.8) is 0 Å². The van der Waals surface area contributed by atoms with Crippen LogP contribution in [-0.4, -0.2) is 26.1 Å². The third kappa shape index (κ3) is 2.49. The van der Waals surface area contributed by atoms with E-state index in [4.69, 9.17) is 0 Å². The van der Waals surface area contributed by atoms with Crippen LogP contribution in [0.2, 0.25) is 0 Å². The number of phenols is 1. The Balaban J connectivity index is 1.50. The third-order valence-corrected chi connectivity index (χ3v) is 7.77. The Morgan fingerprint density at radius 1 is 1.26 bits per heavy atom. The summed E-state index contributed by atoms with van der Waals surface area (Å²) in [5.41, 5.74) is 4.96. The molecule has 2 N–H and O–H groups in total. The Kier molecular flexibility index (Phi) is 3.77. The number of aliphatic hydroxyl groups excluding tert-OH is 1. The fourth-order valence-electron chi connectivity index (χ4n) is 6.28. The van der Waals surface area contributed by atoms with Crippen LogP contribution in [-0.2, 0) is 13.5 Å². The average molecular weight is 364 g/mol. The van der Waals surface area contributed by atoms with Gasteiger partial charge >= 0.3 is 0 Å². The van der Waals surface area contributed by atoms with Gasteiger partial charge in [-0.1, -0.05) is 13.0 Å². The second-order valence-electron chi connectivity index (χ2n) is 9.05. The maximum absolute atomic E-state index is 11.2. The quantitative estimate of drug-likeness (QED) is 0.803. The molecule has 1 aromatic carbocycles. The summed E-state index contributed by atoms with van der Waals surface area (Å²) in [6.07, 6.45) is 8.98. The van der Waals surface area contributed by atoms with E-state index in [1.807, 2.05) is 36.1 Å². The van der Waals surface area contributed by atoms with Gasteiger partial charge < -0.3 is 10.2 Å². The minimum atomic E-state index is -0.362. The van der Waals surface area contributed by atoms with Crippen LogP contribution < -0.4 is 0 Å². The minimum absolute atomic E-state index is 0.0278. The number of fused-ring (bicyclic) bond motifs is 5. The Bertz CT molecular complexity index is 915. The summed E-state index contributed by atoms with van der Waals surface area (Å²) >= 11 is 0. The second kappa shape index (κ2) is 5.96. The first-order valence-electron chi connectivity index (χ1n) is 10.2. The van der Waals surface area contributed by atoms with Crippen LogP contribution in [0, 0.1) is 17.3 Å². The van der Waals surface area contributed by atoms with Crippen molar-refractivity contribution in [1.29, 1.82) is 0 Å². The molecule has 3 aliphatic carbocycles. The molecular weight excluding hydrogens is 336 g/mol. The van der Waals surface area contributed by atoms with Gasteiger partial charge in [0, 0.05) is 18.7 Å². The van der Waals surface area contributed by atoms with Crippen molar-refractivity contribution in [2.75, 3.05) is 0 Å². The van der Waals surface area contributed by atoms with Crippen molar-refractivity contribution < 1.29 is 10.2 Å². The highest BCUT2D eigenvalue weighted by Gasteiger charge is 2.56. The first-order chi connectivity index (χ1) is 13.0. The van der Waals surface area contributed by atoms with Crippen LogP contribution in [0.15, 0.2) is 36.0 Å². The van der Waals surface area contributed by atoms with E-state index in [1.54, 1.807) is 0 Å². The normalized spacial score (nSPS) is 36.3. The summed E-state index contributed by atoms with van der Waals surface area (Å²) in [6.45, 7) is 2.30. The zero-order valence-corrected chi connectivity index (χ0v) is 16.1. The molecule has 3 aliphatic rings. The number of aryl methyl sites for hydroxylation is 2. The highest BCUT2D eigenvalue weighted by molar-refractivity contribution is 5.52. The van der Waals surface area contributed by atoms with Gasteiger partial charge in [0.25, 0.3) is 0 Å². The fourth-order valence-corrected chi connectivity index (χ4v) is 6.28. The molecule has 0 spiro atoms. The SMILES string of the molecule is Cn1nccc1/C=C1\C[C@H]2[C@H]3CCc4cc(O)ccc4[C@@H]3CC[C@]2(C)[C@H]1O. The number of hydrogen-bond acceptors (Lipinski definition) is 3. The second-order valence-corrected chi connectivity index (χ2v) is 9.05. The van der Waals surface area contributed by atoms with Gasteiger partial charge in [0.1, 0.15) is 5.75 Å². The van der Waals surface area contributed by atoms with Crippen molar-refractivity contribution in [3.8, 4) is 5.75 Å². The maximum atomic E-state index is 11.2. The zero-order valence-electron chi connectivity index (χ0n) is 16.1. The van der Waals surface area contributed by atoms with E-state index in [0.717, 1.165) is 37.8 Å². The number of rotatable bonds is 1. The average Bonchev–Trinajstić information content (AvgIpc) is 3.17. The molecule has 0 radical (unpaired) electrons. The molecule has 5 rings (SSSR count). The fraction of sp³-hybridized carbons (Fsp3) is 0.522. The van der Waals surface area contributed by atoms with Crippen LogP contribution >= 0.6 is 0 Å². The monoisotopic (exact) mass is 364 g/mol. The molecule has 2 saturated carbocycles. The van der Waals surface area contributed by atoms with Gasteiger partial charge in [-0.25, -0.2) is 0 Å². The van der Waals surface area contributed by atoms with Crippen molar-refractivity contribution in [1.82, 2.24) is 9.78 Å². The number of aromatic nitrogens is 2. The van der Waals surface area contributed by atoms with E-state index in [1.165, 1.54) is 16.7 Å². The van der Waals surface area contributed by atoms with E-state index >= 15 is 0 Å². The van der Waals surface area contributed by atoms with E-state index in [-0.39, 0.29) is 11.5 Å². The van der Waals surface area contributed by atoms with Crippen molar-refractivity contribution in [3.05, 3.63) is 52.9 Å². The number of nitrogens with zero attached hydrogens (tertiary/aromatic N) is 2. The summed E-state index contributed by atoms with van der Waals surface area (Å²) in [6, 6.07) is 7.95. The van der Waals surface area contributed by atoms with Gasteiger partial charge in [0.05, 0.1) is 11.8 Å². The number of benzene rings is 1. The Morgan fingerprint density at radius 3 is 2.89 bits per heavy atom. The van der Waals surface area contributed by atoms with E-state index in [0.29, 0.717) is 23.5 Å². The zero-order chi connectivity index (χ0) is 18.8. The maximum Gasteiger partial charge on any atom is 0.115 e. The standard InChI is InChI=1S/C23H28N2O2/c1-23-9-7-19-18-6-4-17(26)12-14(18)3-5-20(19)21(23)13-15(22(23)27)11-16-8-10-24-25(16)2/h4,6,8,10-12,19-22,26-27H,3,5,7,9,13H2,1-2H3/b15-11+/t19-,20-,21-,22-,23-/m0/s1. The molecule has 0 unspecified atom stereocenters. The van der Waals surface area contributed by atoms with Crippen LogP contribution in [0.5, 0.6) is 5.75 Å². The van der Waals surface area contributed by atoms with Gasteiger partial charge in [-0.2, -0.15) is 5.10 Å². The highest BCUT2D eigenvalue weighted by atomic mass is 16.3. The van der Waals surface area contributed by atoms with Gasteiger partial charge in [-0.3, -0.25) is 4.68 Å². The van der Waals surface area contributed by atoms with Crippen LogP contribution in [0.4, 0.5) is 0 Å². The van der Waals surface area contributed by atoms with Crippen molar-refractivity contribution >= 4 is 6.08 Å². The first-order valence-corrected chi connectivity index (χ1v) is 10.2. The summed E-state index contributed by atoms with van der Waals surface area (Å²) in [5.74, 6) is 2.08. The molecule has 27 heavy (non-hydrogen) atoms. The Labute approximate surface area is 160 Å². The Hall–Kier alpha value is -2.07. The number of aliphatic hydroxyl groups is 1.